The largest absolute Gasteiger partial charge is 0.463 e. The SMILES string of the molecule is CCc1cccc(Nc2ncnc3ccc(NC(=O)C=CCN4CC(=O)OCC4(C)C)cc23)c1. The molecule has 176 valence electrons. The van der Waals surface area contributed by atoms with Crippen molar-refractivity contribution < 1.29 is 14.3 Å². The van der Waals surface area contributed by atoms with E-state index in [4.69, 9.17) is 4.74 Å². The monoisotopic (exact) mass is 459 g/mol. The highest BCUT2D eigenvalue weighted by atomic mass is 16.5. The smallest absolute Gasteiger partial charge is 0.320 e. The number of anilines is 3. The van der Waals surface area contributed by atoms with E-state index >= 15 is 0 Å². The Bertz CT molecular complexity index is 1240. The van der Waals surface area contributed by atoms with E-state index in [-0.39, 0.29) is 24.0 Å². The van der Waals surface area contributed by atoms with Crippen LogP contribution >= 0.6 is 0 Å². The van der Waals surface area contributed by atoms with Gasteiger partial charge in [0.05, 0.1) is 17.6 Å². The molecule has 1 saturated heterocycles. The Morgan fingerprint density at radius 3 is 2.85 bits per heavy atom. The molecule has 0 bridgehead atoms. The highest BCUT2D eigenvalue weighted by Gasteiger charge is 2.33. The van der Waals surface area contributed by atoms with Crippen molar-refractivity contribution >= 4 is 40.0 Å². The zero-order valence-electron chi connectivity index (χ0n) is 19.7. The highest BCUT2D eigenvalue weighted by molar-refractivity contribution is 6.01. The van der Waals surface area contributed by atoms with Crippen LogP contribution in [-0.4, -0.2) is 52.0 Å². The summed E-state index contributed by atoms with van der Waals surface area (Å²) in [5.41, 5.74) is 3.32. The number of esters is 1. The fourth-order valence-electron chi connectivity index (χ4n) is 3.79. The van der Waals surface area contributed by atoms with Crippen LogP contribution in [-0.2, 0) is 20.7 Å². The molecule has 2 N–H and O–H groups in total. The van der Waals surface area contributed by atoms with Crippen LogP contribution in [0.15, 0.2) is 60.9 Å². The van der Waals surface area contributed by atoms with Gasteiger partial charge in [-0.25, -0.2) is 9.97 Å². The number of cyclic esters (lactones) is 1. The van der Waals surface area contributed by atoms with E-state index < -0.39 is 0 Å². The van der Waals surface area contributed by atoms with Crippen LogP contribution in [0.3, 0.4) is 0 Å². The molecule has 8 nitrogen and oxygen atoms in total. The van der Waals surface area contributed by atoms with Gasteiger partial charge in [0.25, 0.3) is 0 Å². The van der Waals surface area contributed by atoms with Gasteiger partial charge in [-0.2, -0.15) is 0 Å². The first-order valence-corrected chi connectivity index (χ1v) is 11.3. The average molecular weight is 460 g/mol. The minimum atomic E-state index is -0.271. The molecule has 0 unspecified atom stereocenters. The van der Waals surface area contributed by atoms with E-state index in [1.54, 1.807) is 6.08 Å². The lowest BCUT2D eigenvalue weighted by atomic mass is 10.0. The Hall–Kier alpha value is -3.78. The molecule has 1 amide bonds. The van der Waals surface area contributed by atoms with Gasteiger partial charge < -0.3 is 15.4 Å². The van der Waals surface area contributed by atoms with E-state index in [1.165, 1.54) is 18.0 Å². The molecule has 34 heavy (non-hydrogen) atoms. The molecular weight excluding hydrogens is 430 g/mol. The number of nitrogens with one attached hydrogen (secondary N) is 2. The van der Waals surface area contributed by atoms with Gasteiger partial charge in [-0.1, -0.05) is 25.1 Å². The molecule has 2 heterocycles. The topological polar surface area (TPSA) is 96.5 Å². The van der Waals surface area contributed by atoms with Crippen molar-refractivity contribution in [2.45, 2.75) is 32.7 Å². The van der Waals surface area contributed by atoms with Gasteiger partial charge in [0.2, 0.25) is 5.91 Å². The number of hydrogen-bond donors (Lipinski definition) is 2. The third-order valence-electron chi connectivity index (χ3n) is 5.86. The molecule has 0 aliphatic carbocycles. The first kappa shape index (κ1) is 23.4. The summed E-state index contributed by atoms with van der Waals surface area (Å²) >= 11 is 0. The maximum absolute atomic E-state index is 12.5. The second kappa shape index (κ2) is 10.0. The number of ether oxygens (including phenoxy) is 1. The number of nitrogens with zero attached hydrogens (tertiary/aromatic N) is 3. The van der Waals surface area contributed by atoms with Crippen LogP contribution in [0.2, 0.25) is 0 Å². The lowest BCUT2D eigenvalue weighted by Crippen LogP contribution is -2.54. The van der Waals surface area contributed by atoms with Crippen LogP contribution in [0.5, 0.6) is 0 Å². The summed E-state index contributed by atoms with van der Waals surface area (Å²) < 4.78 is 5.12. The molecule has 0 spiro atoms. The predicted molar refractivity (Wildman–Crippen MR) is 133 cm³/mol. The summed E-state index contributed by atoms with van der Waals surface area (Å²) in [4.78, 5) is 34.8. The molecule has 0 radical (unpaired) electrons. The number of aryl methyl sites for hydroxylation is 1. The zero-order valence-corrected chi connectivity index (χ0v) is 19.7. The van der Waals surface area contributed by atoms with Crippen LogP contribution in [0.25, 0.3) is 10.9 Å². The van der Waals surface area contributed by atoms with Crippen LogP contribution in [0.1, 0.15) is 26.3 Å². The van der Waals surface area contributed by atoms with E-state index in [1.807, 2.05) is 49.1 Å². The predicted octanol–water partition coefficient (Wildman–Crippen LogP) is 4.07. The summed E-state index contributed by atoms with van der Waals surface area (Å²) in [6.07, 6.45) is 5.71. The van der Waals surface area contributed by atoms with Gasteiger partial charge in [0.1, 0.15) is 18.8 Å². The van der Waals surface area contributed by atoms with Gasteiger partial charge in [0.15, 0.2) is 0 Å². The molecule has 8 heteroatoms. The average Bonchev–Trinajstić information content (AvgIpc) is 2.82. The number of fused-ring (bicyclic) bond motifs is 1. The molecule has 4 rings (SSSR count). The second-order valence-electron chi connectivity index (χ2n) is 8.88. The van der Waals surface area contributed by atoms with Crippen molar-refractivity contribution in [2.75, 3.05) is 30.3 Å². The molecular formula is C26H29N5O3. The minimum absolute atomic E-state index is 0.209. The Morgan fingerprint density at radius 1 is 1.18 bits per heavy atom. The highest BCUT2D eigenvalue weighted by Crippen LogP contribution is 2.26. The van der Waals surface area contributed by atoms with E-state index in [0.29, 0.717) is 24.7 Å². The summed E-state index contributed by atoms with van der Waals surface area (Å²) in [6, 6.07) is 13.7. The number of carbonyl (C=O) groups is 2. The zero-order chi connectivity index (χ0) is 24.1. The van der Waals surface area contributed by atoms with Crippen molar-refractivity contribution in [3.05, 3.63) is 66.5 Å². The third kappa shape index (κ3) is 5.58. The van der Waals surface area contributed by atoms with Crippen molar-refractivity contribution in [3.63, 3.8) is 0 Å². The molecule has 0 saturated carbocycles. The van der Waals surface area contributed by atoms with E-state index in [9.17, 15) is 9.59 Å². The Labute approximate surface area is 199 Å². The third-order valence-corrected chi connectivity index (χ3v) is 5.86. The van der Waals surface area contributed by atoms with Crippen molar-refractivity contribution in [2.24, 2.45) is 0 Å². The minimum Gasteiger partial charge on any atom is -0.463 e. The molecule has 3 aromatic rings. The second-order valence-corrected chi connectivity index (χ2v) is 8.88. The maximum Gasteiger partial charge on any atom is 0.320 e. The van der Waals surface area contributed by atoms with E-state index in [2.05, 4.69) is 39.7 Å². The summed E-state index contributed by atoms with van der Waals surface area (Å²) in [5, 5.41) is 7.06. The molecule has 1 aliphatic rings. The molecule has 1 aromatic heterocycles. The number of aromatic nitrogens is 2. The Morgan fingerprint density at radius 2 is 2.03 bits per heavy atom. The molecule has 1 aliphatic heterocycles. The number of amides is 1. The van der Waals surface area contributed by atoms with Crippen LogP contribution < -0.4 is 10.6 Å². The maximum atomic E-state index is 12.5. The van der Waals surface area contributed by atoms with Crippen LogP contribution in [0.4, 0.5) is 17.2 Å². The van der Waals surface area contributed by atoms with Crippen molar-refractivity contribution in [1.82, 2.24) is 14.9 Å². The Kier molecular flexibility index (Phi) is 6.88. The molecule has 0 atom stereocenters. The van der Waals surface area contributed by atoms with Crippen molar-refractivity contribution in [1.29, 1.82) is 0 Å². The van der Waals surface area contributed by atoms with Gasteiger partial charge in [-0.15, -0.1) is 0 Å². The van der Waals surface area contributed by atoms with Gasteiger partial charge in [-0.05, 0) is 56.2 Å². The fourth-order valence-corrected chi connectivity index (χ4v) is 3.79. The lowest BCUT2D eigenvalue weighted by molar-refractivity contribution is -0.159. The molecule has 1 fully saturated rings. The first-order chi connectivity index (χ1) is 16.3. The number of morpholine rings is 1. The summed E-state index contributed by atoms with van der Waals surface area (Å²) in [6.45, 7) is 7.16. The fraction of sp³-hybridized carbons (Fsp3) is 0.308. The molecule has 2 aromatic carbocycles. The first-order valence-electron chi connectivity index (χ1n) is 11.3. The summed E-state index contributed by atoms with van der Waals surface area (Å²) in [5.74, 6) is 0.171. The number of rotatable bonds is 7. The standard InChI is InChI=1S/C26H29N5O3/c1-4-18-7-5-8-19(13-18)30-25-21-14-20(10-11-22(21)27-17-28-25)29-23(32)9-6-12-31-15-24(33)34-16-26(31,2)3/h5-11,13-14,17H,4,12,15-16H2,1-3H3,(H,29,32)(H,27,28,30). The van der Waals surface area contributed by atoms with Gasteiger partial charge in [0, 0.05) is 29.4 Å². The number of benzene rings is 2. The van der Waals surface area contributed by atoms with Gasteiger partial charge >= 0.3 is 5.97 Å². The quantitative estimate of drug-likeness (QED) is 0.406. The van der Waals surface area contributed by atoms with E-state index in [0.717, 1.165) is 23.0 Å². The lowest BCUT2D eigenvalue weighted by Gasteiger charge is -2.40. The summed E-state index contributed by atoms with van der Waals surface area (Å²) in [7, 11) is 0. The van der Waals surface area contributed by atoms with Crippen molar-refractivity contribution in [3.8, 4) is 0 Å². The Balaban J connectivity index is 1.45. The normalized spacial score (nSPS) is 15.9. The number of carbonyl (C=O) groups excluding carboxylic acids is 2. The number of hydrogen-bond acceptors (Lipinski definition) is 7. The van der Waals surface area contributed by atoms with Gasteiger partial charge in [-0.3, -0.25) is 14.5 Å². The van der Waals surface area contributed by atoms with Crippen LogP contribution in [0, 0.1) is 0 Å².